The molecule has 0 aromatic carbocycles. The summed E-state index contributed by atoms with van der Waals surface area (Å²) in [5, 5.41) is 3.17. The van der Waals surface area contributed by atoms with Crippen LogP contribution in [-0.2, 0) is 17.7 Å². The number of nitrogens with zero attached hydrogens (tertiary/aromatic N) is 3. The zero-order valence-corrected chi connectivity index (χ0v) is 12.4. The summed E-state index contributed by atoms with van der Waals surface area (Å²) >= 11 is 0. The van der Waals surface area contributed by atoms with Crippen molar-refractivity contribution in [2.75, 3.05) is 12.4 Å². The van der Waals surface area contributed by atoms with Crippen LogP contribution < -0.4 is 5.32 Å². The third-order valence-corrected chi connectivity index (χ3v) is 3.02. The van der Waals surface area contributed by atoms with Crippen molar-refractivity contribution in [2.45, 2.75) is 26.8 Å². The van der Waals surface area contributed by atoms with E-state index in [1.165, 1.54) is 12.7 Å². The average Bonchev–Trinajstić information content (AvgIpc) is 2.51. The van der Waals surface area contributed by atoms with Gasteiger partial charge in [0.15, 0.2) is 0 Å². The summed E-state index contributed by atoms with van der Waals surface area (Å²) < 4.78 is 4.64. The lowest BCUT2D eigenvalue weighted by atomic mass is 10.1. The van der Waals surface area contributed by atoms with Gasteiger partial charge in [0.2, 0.25) is 5.82 Å². The number of aryl methyl sites for hydroxylation is 2. The van der Waals surface area contributed by atoms with E-state index in [0.717, 1.165) is 12.1 Å². The van der Waals surface area contributed by atoms with Crippen LogP contribution in [0.25, 0.3) is 0 Å². The SMILES string of the molecule is CCc1cccnc1CNc1cc(C)nc(C(=O)OC)n1. The molecule has 6 heteroatoms. The maximum atomic E-state index is 11.5. The average molecular weight is 286 g/mol. The van der Waals surface area contributed by atoms with Crippen molar-refractivity contribution < 1.29 is 9.53 Å². The highest BCUT2D eigenvalue weighted by molar-refractivity contribution is 5.85. The highest BCUT2D eigenvalue weighted by Gasteiger charge is 2.11. The highest BCUT2D eigenvalue weighted by Crippen LogP contribution is 2.11. The number of rotatable bonds is 5. The molecule has 0 radical (unpaired) electrons. The first-order chi connectivity index (χ1) is 10.1. The van der Waals surface area contributed by atoms with E-state index in [4.69, 9.17) is 0 Å². The Labute approximate surface area is 123 Å². The fraction of sp³-hybridized carbons (Fsp3) is 0.333. The normalized spacial score (nSPS) is 10.2. The Morgan fingerprint density at radius 1 is 1.38 bits per heavy atom. The van der Waals surface area contributed by atoms with Crippen LogP contribution in [0.1, 0.15) is 34.5 Å². The Morgan fingerprint density at radius 2 is 2.19 bits per heavy atom. The molecule has 0 aliphatic rings. The molecule has 0 unspecified atom stereocenters. The lowest BCUT2D eigenvalue weighted by Gasteiger charge is -2.10. The van der Waals surface area contributed by atoms with Crippen LogP contribution in [0.2, 0.25) is 0 Å². The Balaban J connectivity index is 2.16. The fourth-order valence-electron chi connectivity index (χ4n) is 1.97. The molecule has 0 amide bonds. The molecule has 0 aliphatic carbocycles. The van der Waals surface area contributed by atoms with Crippen molar-refractivity contribution in [2.24, 2.45) is 0 Å². The van der Waals surface area contributed by atoms with E-state index in [-0.39, 0.29) is 5.82 Å². The largest absolute Gasteiger partial charge is 0.463 e. The number of hydrogen-bond acceptors (Lipinski definition) is 6. The minimum atomic E-state index is -0.547. The first kappa shape index (κ1) is 14.9. The van der Waals surface area contributed by atoms with Crippen molar-refractivity contribution in [3.8, 4) is 0 Å². The van der Waals surface area contributed by atoms with Gasteiger partial charge in [0.25, 0.3) is 0 Å². The van der Waals surface area contributed by atoms with Crippen LogP contribution in [0.4, 0.5) is 5.82 Å². The molecule has 1 N–H and O–H groups in total. The summed E-state index contributed by atoms with van der Waals surface area (Å²) in [6.07, 6.45) is 2.68. The van der Waals surface area contributed by atoms with Gasteiger partial charge in [-0.1, -0.05) is 13.0 Å². The van der Waals surface area contributed by atoms with E-state index < -0.39 is 5.97 Å². The number of esters is 1. The number of nitrogens with one attached hydrogen (secondary N) is 1. The van der Waals surface area contributed by atoms with Gasteiger partial charge in [0.1, 0.15) is 5.82 Å². The predicted molar refractivity (Wildman–Crippen MR) is 79.1 cm³/mol. The molecule has 0 atom stereocenters. The molecule has 2 rings (SSSR count). The molecular formula is C15H18N4O2. The molecular weight excluding hydrogens is 268 g/mol. The van der Waals surface area contributed by atoms with Crippen LogP contribution in [0.3, 0.4) is 0 Å². The number of ether oxygens (including phenoxy) is 1. The topological polar surface area (TPSA) is 77.0 Å². The van der Waals surface area contributed by atoms with E-state index in [0.29, 0.717) is 18.1 Å². The van der Waals surface area contributed by atoms with Crippen molar-refractivity contribution in [3.05, 3.63) is 47.2 Å². The van der Waals surface area contributed by atoms with E-state index >= 15 is 0 Å². The van der Waals surface area contributed by atoms with Gasteiger partial charge in [-0.3, -0.25) is 4.98 Å². The number of pyridine rings is 1. The van der Waals surface area contributed by atoms with Crippen molar-refractivity contribution in [3.63, 3.8) is 0 Å². The first-order valence-electron chi connectivity index (χ1n) is 6.74. The lowest BCUT2D eigenvalue weighted by molar-refractivity contribution is 0.0586. The minimum absolute atomic E-state index is 0.0525. The first-order valence-corrected chi connectivity index (χ1v) is 6.74. The molecule has 2 aromatic rings. The Morgan fingerprint density at radius 3 is 2.90 bits per heavy atom. The quantitative estimate of drug-likeness (QED) is 0.849. The second kappa shape index (κ2) is 6.78. The Kier molecular flexibility index (Phi) is 4.81. The minimum Gasteiger partial charge on any atom is -0.463 e. The molecule has 6 nitrogen and oxygen atoms in total. The maximum absolute atomic E-state index is 11.5. The molecule has 110 valence electrons. The Hall–Kier alpha value is -2.50. The molecule has 21 heavy (non-hydrogen) atoms. The highest BCUT2D eigenvalue weighted by atomic mass is 16.5. The number of aromatic nitrogens is 3. The van der Waals surface area contributed by atoms with E-state index in [9.17, 15) is 4.79 Å². The smallest absolute Gasteiger partial charge is 0.376 e. The van der Waals surface area contributed by atoms with Gasteiger partial charge in [0.05, 0.1) is 19.3 Å². The van der Waals surface area contributed by atoms with Crippen LogP contribution in [0.5, 0.6) is 0 Å². The van der Waals surface area contributed by atoms with Gasteiger partial charge in [0, 0.05) is 18.0 Å². The number of carbonyl (C=O) groups is 1. The van der Waals surface area contributed by atoms with Crippen LogP contribution >= 0.6 is 0 Å². The predicted octanol–water partition coefficient (Wildman–Crippen LogP) is 2.14. The van der Waals surface area contributed by atoms with Crippen LogP contribution in [0.15, 0.2) is 24.4 Å². The molecule has 2 aromatic heterocycles. The summed E-state index contributed by atoms with van der Waals surface area (Å²) in [5.74, 6) is 0.0844. The molecule has 0 saturated carbocycles. The van der Waals surface area contributed by atoms with Crippen molar-refractivity contribution in [1.82, 2.24) is 15.0 Å². The molecule has 0 saturated heterocycles. The lowest BCUT2D eigenvalue weighted by Crippen LogP contribution is -2.12. The number of hydrogen-bond donors (Lipinski definition) is 1. The van der Waals surface area contributed by atoms with Gasteiger partial charge in [-0.15, -0.1) is 0 Å². The number of methoxy groups -OCH3 is 1. The maximum Gasteiger partial charge on any atom is 0.376 e. The zero-order valence-electron chi connectivity index (χ0n) is 12.4. The number of carbonyl (C=O) groups excluding carboxylic acids is 1. The van der Waals surface area contributed by atoms with Gasteiger partial charge in [-0.25, -0.2) is 14.8 Å². The fourth-order valence-corrected chi connectivity index (χ4v) is 1.97. The van der Waals surface area contributed by atoms with E-state index in [1.54, 1.807) is 19.2 Å². The van der Waals surface area contributed by atoms with Gasteiger partial charge < -0.3 is 10.1 Å². The molecule has 0 spiro atoms. The van der Waals surface area contributed by atoms with Crippen LogP contribution in [-0.4, -0.2) is 28.0 Å². The van der Waals surface area contributed by atoms with Gasteiger partial charge in [-0.05, 0) is 25.0 Å². The van der Waals surface area contributed by atoms with Crippen molar-refractivity contribution in [1.29, 1.82) is 0 Å². The third-order valence-electron chi connectivity index (χ3n) is 3.02. The third kappa shape index (κ3) is 3.75. The van der Waals surface area contributed by atoms with Crippen molar-refractivity contribution >= 4 is 11.8 Å². The molecule has 0 aliphatic heterocycles. The molecule has 2 heterocycles. The second-order valence-electron chi connectivity index (χ2n) is 4.53. The standard InChI is InChI=1S/C15H18N4O2/c1-4-11-6-5-7-16-12(11)9-17-13-8-10(2)18-14(19-13)15(20)21-3/h5-8H,4,9H2,1-3H3,(H,17,18,19). The summed E-state index contributed by atoms with van der Waals surface area (Å²) in [6.45, 7) is 4.43. The molecule has 0 fully saturated rings. The van der Waals surface area contributed by atoms with Gasteiger partial charge in [-0.2, -0.15) is 0 Å². The summed E-state index contributed by atoms with van der Waals surface area (Å²) in [6, 6.07) is 5.75. The van der Waals surface area contributed by atoms with Crippen LogP contribution in [0, 0.1) is 6.92 Å². The van der Waals surface area contributed by atoms with E-state index in [2.05, 4.69) is 38.0 Å². The monoisotopic (exact) mass is 286 g/mol. The molecule has 0 bridgehead atoms. The van der Waals surface area contributed by atoms with Gasteiger partial charge >= 0.3 is 5.97 Å². The summed E-state index contributed by atoms with van der Waals surface area (Å²) in [4.78, 5) is 24.1. The number of anilines is 1. The Bertz CT molecular complexity index is 643. The summed E-state index contributed by atoms with van der Waals surface area (Å²) in [7, 11) is 1.31. The van der Waals surface area contributed by atoms with E-state index in [1.807, 2.05) is 6.07 Å². The summed E-state index contributed by atoms with van der Waals surface area (Å²) in [5.41, 5.74) is 2.85. The second-order valence-corrected chi connectivity index (χ2v) is 4.53. The zero-order chi connectivity index (χ0) is 15.2.